The minimum Gasteiger partial charge on any atom is -0.479 e. The van der Waals surface area contributed by atoms with Crippen molar-refractivity contribution in [2.24, 2.45) is 0 Å². The van der Waals surface area contributed by atoms with Crippen molar-refractivity contribution >= 4 is 23.0 Å². The van der Waals surface area contributed by atoms with E-state index in [4.69, 9.17) is 5.11 Å². The molecule has 0 aromatic carbocycles. The monoisotopic (exact) mass is 303 g/mol. The predicted octanol–water partition coefficient (Wildman–Crippen LogP) is 0.577. The topological polar surface area (TPSA) is 104 Å². The van der Waals surface area contributed by atoms with Crippen LogP contribution in [0.2, 0.25) is 0 Å². The second-order valence-electron chi connectivity index (χ2n) is 6.08. The van der Waals surface area contributed by atoms with Crippen molar-refractivity contribution in [2.75, 3.05) is 18.0 Å². The van der Waals surface area contributed by atoms with Crippen LogP contribution < -0.4 is 4.90 Å². The Morgan fingerprint density at radius 3 is 2.59 bits per heavy atom. The Balaban J connectivity index is 1.64. The van der Waals surface area contributed by atoms with Crippen molar-refractivity contribution in [1.82, 2.24) is 19.5 Å². The highest BCUT2D eigenvalue weighted by Crippen LogP contribution is 2.38. The number of nitrogens with zero attached hydrogens (tertiary/aromatic N) is 5. The van der Waals surface area contributed by atoms with Crippen LogP contribution in [0.5, 0.6) is 0 Å². The Morgan fingerprint density at radius 2 is 1.95 bits per heavy atom. The highest BCUT2D eigenvalue weighted by Gasteiger charge is 2.40. The van der Waals surface area contributed by atoms with E-state index in [9.17, 15) is 9.90 Å². The van der Waals surface area contributed by atoms with Crippen LogP contribution in [0.4, 0.5) is 5.82 Å². The average molecular weight is 303 g/mol. The molecule has 8 heteroatoms. The van der Waals surface area contributed by atoms with Gasteiger partial charge in [0.05, 0.1) is 6.33 Å². The maximum absolute atomic E-state index is 11.1. The van der Waals surface area contributed by atoms with Crippen LogP contribution in [0.1, 0.15) is 31.7 Å². The molecule has 0 atom stereocenters. The van der Waals surface area contributed by atoms with Crippen molar-refractivity contribution in [3.8, 4) is 0 Å². The van der Waals surface area contributed by atoms with Crippen LogP contribution in [0.15, 0.2) is 12.7 Å². The molecule has 2 aliphatic rings. The standard InChI is InChI=1S/C14H17N5O3/c20-13(21)14(22)3-5-18(6-4-14)11-10-12(16-7-15-11)19(8-17-10)9-1-2-9/h7-9,22H,1-6H2,(H,20,21). The van der Waals surface area contributed by atoms with Crippen molar-refractivity contribution < 1.29 is 15.0 Å². The fraction of sp³-hybridized carbons (Fsp3) is 0.571. The number of hydrogen-bond acceptors (Lipinski definition) is 6. The molecular formula is C14H17N5O3. The van der Waals surface area contributed by atoms with E-state index in [2.05, 4.69) is 19.5 Å². The zero-order valence-electron chi connectivity index (χ0n) is 12.0. The summed E-state index contributed by atoms with van der Waals surface area (Å²) >= 11 is 0. The molecule has 4 rings (SSSR count). The third-order valence-corrected chi connectivity index (χ3v) is 4.57. The molecule has 3 heterocycles. The van der Waals surface area contributed by atoms with Gasteiger partial charge in [-0.2, -0.15) is 0 Å². The fourth-order valence-corrected chi connectivity index (χ4v) is 2.99. The van der Waals surface area contributed by atoms with E-state index in [1.807, 2.05) is 4.90 Å². The van der Waals surface area contributed by atoms with Gasteiger partial charge >= 0.3 is 5.97 Å². The molecule has 8 nitrogen and oxygen atoms in total. The van der Waals surface area contributed by atoms with Crippen LogP contribution in [0.25, 0.3) is 11.2 Å². The SMILES string of the molecule is O=C(O)C1(O)CCN(c2ncnc3c2ncn3C2CC2)CC1. The molecule has 1 aliphatic carbocycles. The lowest BCUT2D eigenvalue weighted by Gasteiger charge is -2.35. The van der Waals surface area contributed by atoms with Gasteiger partial charge in [0.15, 0.2) is 22.6 Å². The van der Waals surface area contributed by atoms with E-state index in [1.54, 1.807) is 6.33 Å². The van der Waals surface area contributed by atoms with Crippen LogP contribution in [0.3, 0.4) is 0 Å². The van der Waals surface area contributed by atoms with Crippen molar-refractivity contribution in [1.29, 1.82) is 0 Å². The zero-order valence-corrected chi connectivity index (χ0v) is 12.0. The van der Waals surface area contributed by atoms with Crippen LogP contribution >= 0.6 is 0 Å². The zero-order chi connectivity index (χ0) is 15.3. The Hall–Kier alpha value is -2.22. The summed E-state index contributed by atoms with van der Waals surface area (Å²) in [7, 11) is 0. The third kappa shape index (κ3) is 2.02. The van der Waals surface area contributed by atoms with Crippen LogP contribution in [0, 0.1) is 0 Å². The summed E-state index contributed by atoms with van der Waals surface area (Å²) in [4.78, 5) is 26.2. The molecule has 22 heavy (non-hydrogen) atoms. The number of aliphatic hydroxyl groups is 1. The van der Waals surface area contributed by atoms with E-state index in [-0.39, 0.29) is 12.8 Å². The maximum Gasteiger partial charge on any atom is 0.335 e. The van der Waals surface area contributed by atoms with E-state index in [0.717, 1.165) is 29.8 Å². The molecule has 1 saturated heterocycles. The molecule has 0 spiro atoms. The second-order valence-corrected chi connectivity index (χ2v) is 6.08. The normalized spacial score (nSPS) is 21.2. The van der Waals surface area contributed by atoms with Gasteiger partial charge in [-0.05, 0) is 12.8 Å². The number of carbonyl (C=O) groups is 1. The Bertz CT molecular complexity index is 731. The van der Waals surface area contributed by atoms with Gasteiger partial charge in [-0.15, -0.1) is 0 Å². The first-order chi connectivity index (χ1) is 10.6. The number of rotatable bonds is 3. The lowest BCUT2D eigenvalue weighted by atomic mass is 9.91. The molecule has 0 radical (unpaired) electrons. The van der Waals surface area contributed by atoms with Crippen LogP contribution in [-0.2, 0) is 4.79 Å². The summed E-state index contributed by atoms with van der Waals surface area (Å²) in [6.07, 6.45) is 5.99. The maximum atomic E-state index is 11.1. The molecule has 2 fully saturated rings. The minimum atomic E-state index is -1.63. The summed E-state index contributed by atoms with van der Waals surface area (Å²) in [5, 5.41) is 19.1. The van der Waals surface area contributed by atoms with Gasteiger partial charge in [-0.25, -0.2) is 19.7 Å². The lowest BCUT2D eigenvalue weighted by Crippen LogP contribution is -2.49. The van der Waals surface area contributed by atoms with Gasteiger partial charge in [0.25, 0.3) is 0 Å². The van der Waals surface area contributed by atoms with Gasteiger partial charge in [-0.3, -0.25) is 0 Å². The fourth-order valence-electron chi connectivity index (χ4n) is 2.99. The number of carboxylic acids is 1. The first-order valence-corrected chi connectivity index (χ1v) is 7.47. The molecule has 2 N–H and O–H groups in total. The minimum absolute atomic E-state index is 0.178. The van der Waals surface area contributed by atoms with Crippen LogP contribution in [-0.4, -0.2) is 54.4 Å². The number of imidazole rings is 1. The first-order valence-electron chi connectivity index (χ1n) is 7.47. The number of piperidine rings is 1. The Morgan fingerprint density at radius 1 is 1.23 bits per heavy atom. The van der Waals surface area contributed by atoms with Gasteiger partial charge < -0.3 is 19.7 Å². The predicted molar refractivity (Wildman–Crippen MR) is 77.6 cm³/mol. The smallest absolute Gasteiger partial charge is 0.335 e. The van der Waals surface area contributed by atoms with Gasteiger partial charge in [-0.1, -0.05) is 0 Å². The molecule has 2 aromatic heterocycles. The van der Waals surface area contributed by atoms with Crippen molar-refractivity contribution in [3.63, 3.8) is 0 Å². The molecule has 1 aliphatic heterocycles. The number of aliphatic carboxylic acids is 1. The third-order valence-electron chi connectivity index (χ3n) is 4.57. The van der Waals surface area contributed by atoms with Crippen molar-refractivity contribution in [2.45, 2.75) is 37.3 Å². The molecular weight excluding hydrogens is 286 g/mol. The Labute approximate surface area is 126 Å². The number of fused-ring (bicyclic) bond motifs is 1. The average Bonchev–Trinajstić information content (AvgIpc) is 3.27. The van der Waals surface area contributed by atoms with Gasteiger partial charge in [0.1, 0.15) is 6.33 Å². The summed E-state index contributed by atoms with van der Waals surface area (Å²) in [5.41, 5.74) is -0.0579. The molecule has 116 valence electrons. The lowest BCUT2D eigenvalue weighted by molar-refractivity contribution is -0.160. The first kappa shape index (κ1) is 13.4. The number of carboxylic acid groups (broad SMARTS) is 1. The second kappa shape index (κ2) is 4.64. The quantitative estimate of drug-likeness (QED) is 0.854. The highest BCUT2D eigenvalue weighted by atomic mass is 16.4. The van der Waals surface area contributed by atoms with E-state index in [1.165, 1.54) is 6.33 Å². The molecule has 1 saturated carbocycles. The van der Waals surface area contributed by atoms with E-state index in [0.29, 0.717) is 19.1 Å². The number of hydrogen-bond donors (Lipinski definition) is 2. The van der Waals surface area contributed by atoms with Gasteiger partial charge in [0.2, 0.25) is 0 Å². The van der Waals surface area contributed by atoms with E-state index >= 15 is 0 Å². The molecule has 0 amide bonds. The summed E-state index contributed by atoms with van der Waals surface area (Å²) in [5.74, 6) is -0.435. The number of aromatic nitrogens is 4. The van der Waals surface area contributed by atoms with Crippen molar-refractivity contribution in [3.05, 3.63) is 12.7 Å². The summed E-state index contributed by atoms with van der Waals surface area (Å²) < 4.78 is 2.08. The summed E-state index contributed by atoms with van der Waals surface area (Å²) in [6, 6.07) is 0.492. The molecule has 0 bridgehead atoms. The number of anilines is 1. The van der Waals surface area contributed by atoms with Gasteiger partial charge in [0, 0.05) is 32.0 Å². The molecule has 2 aromatic rings. The molecule has 0 unspecified atom stereocenters. The summed E-state index contributed by atoms with van der Waals surface area (Å²) in [6.45, 7) is 0.871. The highest BCUT2D eigenvalue weighted by molar-refractivity contribution is 5.84. The van der Waals surface area contributed by atoms with E-state index < -0.39 is 11.6 Å². The Kier molecular flexibility index (Phi) is 2.83. The largest absolute Gasteiger partial charge is 0.479 e.